The average Bonchev–Trinajstić information content (AvgIpc) is 2.68. The number of hydrogen-bond donors (Lipinski definition) is 3. The fraction of sp³-hybridized carbons (Fsp3) is 0.350. The van der Waals surface area contributed by atoms with Gasteiger partial charge in [-0.25, -0.2) is 9.38 Å². The Balaban J connectivity index is 0.00000341. The Hall–Kier alpha value is -2.28. The van der Waals surface area contributed by atoms with Crippen LogP contribution >= 0.6 is 24.0 Å². The van der Waals surface area contributed by atoms with E-state index in [0.29, 0.717) is 42.9 Å². The van der Waals surface area contributed by atoms with Crippen LogP contribution < -0.4 is 20.7 Å². The fourth-order valence-electron chi connectivity index (χ4n) is 3.12. The van der Waals surface area contributed by atoms with E-state index in [1.807, 2.05) is 4.90 Å². The third-order valence-corrected chi connectivity index (χ3v) is 4.61. The second-order valence-corrected chi connectivity index (χ2v) is 6.90. The third-order valence-electron chi connectivity index (χ3n) is 4.61. The van der Waals surface area contributed by atoms with Crippen molar-refractivity contribution in [3.05, 3.63) is 53.8 Å². The molecule has 2 aromatic carbocycles. The molecule has 3 rings (SSSR count). The number of benzene rings is 2. The number of hydrogen-bond acceptors (Lipinski definition) is 4. The van der Waals surface area contributed by atoms with Crippen LogP contribution in [-0.4, -0.2) is 36.6 Å². The number of aliphatic hydroxyl groups is 1. The maximum atomic E-state index is 14.5. The zero-order chi connectivity index (χ0) is 21.7. The Labute approximate surface area is 194 Å². The predicted octanol–water partition coefficient (Wildman–Crippen LogP) is 4.23. The number of aliphatic hydroxyl groups excluding tert-OH is 1. The topological polar surface area (TPSA) is 83.1 Å². The molecule has 4 N–H and O–H groups in total. The standard InChI is InChI=1S/C20H22F4N4O2.HI/c21-17-11-13(1-6-18(17)28-9-7-15(29)8-10-28)12-26-19(25)27-14-2-4-16(5-3-14)30-20(22,23)24;/h1-6,11,15,29H,7-10,12H2,(H3,25,26,27);1H. The summed E-state index contributed by atoms with van der Waals surface area (Å²) in [5.41, 5.74) is 7.33. The fourth-order valence-corrected chi connectivity index (χ4v) is 3.12. The third kappa shape index (κ3) is 7.73. The van der Waals surface area contributed by atoms with Crippen molar-refractivity contribution in [2.75, 3.05) is 23.3 Å². The zero-order valence-electron chi connectivity index (χ0n) is 16.4. The molecule has 1 saturated heterocycles. The highest BCUT2D eigenvalue weighted by Gasteiger charge is 2.30. The van der Waals surface area contributed by atoms with E-state index in [1.165, 1.54) is 18.2 Å². The van der Waals surface area contributed by atoms with Gasteiger partial charge < -0.3 is 25.8 Å². The van der Waals surface area contributed by atoms with Crippen molar-refractivity contribution in [1.82, 2.24) is 0 Å². The number of alkyl halides is 3. The highest BCUT2D eigenvalue weighted by Crippen LogP contribution is 2.25. The van der Waals surface area contributed by atoms with E-state index < -0.39 is 6.36 Å². The van der Waals surface area contributed by atoms with E-state index in [1.54, 1.807) is 12.1 Å². The average molecular weight is 554 g/mol. The van der Waals surface area contributed by atoms with Gasteiger partial charge in [-0.2, -0.15) is 0 Å². The highest BCUT2D eigenvalue weighted by molar-refractivity contribution is 14.0. The van der Waals surface area contributed by atoms with Crippen molar-refractivity contribution < 1.29 is 27.4 Å². The molecule has 0 aromatic heterocycles. The summed E-state index contributed by atoms with van der Waals surface area (Å²) in [5, 5.41) is 12.3. The maximum absolute atomic E-state index is 14.5. The van der Waals surface area contributed by atoms with Gasteiger partial charge in [-0.15, -0.1) is 37.1 Å². The van der Waals surface area contributed by atoms with E-state index in [4.69, 9.17) is 5.73 Å². The van der Waals surface area contributed by atoms with E-state index >= 15 is 0 Å². The van der Waals surface area contributed by atoms with Gasteiger partial charge in [0.25, 0.3) is 0 Å². The van der Waals surface area contributed by atoms with Crippen molar-refractivity contribution in [2.45, 2.75) is 31.9 Å². The van der Waals surface area contributed by atoms with Crippen molar-refractivity contribution >= 4 is 41.3 Å². The van der Waals surface area contributed by atoms with E-state index in [-0.39, 0.29) is 54.2 Å². The second-order valence-electron chi connectivity index (χ2n) is 6.90. The van der Waals surface area contributed by atoms with Gasteiger partial charge in [0.2, 0.25) is 0 Å². The first-order chi connectivity index (χ1) is 14.2. The molecule has 0 aliphatic carbocycles. The summed E-state index contributed by atoms with van der Waals surface area (Å²) in [4.78, 5) is 6.02. The Bertz CT molecular complexity index is 886. The molecule has 0 unspecified atom stereocenters. The van der Waals surface area contributed by atoms with Crippen LogP contribution in [0.5, 0.6) is 5.75 Å². The van der Waals surface area contributed by atoms with Gasteiger partial charge >= 0.3 is 6.36 Å². The summed E-state index contributed by atoms with van der Waals surface area (Å²) < 4.78 is 54.8. The summed E-state index contributed by atoms with van der Waals surface area (Å²) in [6.07, 6.45) is -3.87. The van der Waals surface area contributed by atoms with Gasteiger partial charge in [-0.05, 0) is 54.8 Å². The Morgan fingerprint density at radius 1 is 1.16 bits per heavy atom. The molecular weight excluding hydrogens is 531 g/mol. The number of nitrogens with two attached hydrogens (primary N) is 1. The molecule has 2 aromatic rings. The van der Waals surface area contributed by atoms with Gasteiger partial charge in [0.05, 0.1) is 18.3 Å². The molecule has 11 heteroatoms. The molecule has 0 bridgehead atoms. The first kappa shape index (κ1) is 25.0. The zero-order valence-corrected chi connectivity index (χ0v) is 18.7. The number of piperidine rings is 1. The van der Waals surface area contributed by atoms with E-state index in [9.17, 15) is 22.7 Å². The van der Waals surface area contributed by atoms with Crippen LogP contribution in [0, 0.1) is 5.82 Å². The molecule has 1 aliphatic heterocycles. The number of guanidine groups is 1. The van der Waals surface area contributed by atoms with Crippen molar-refractivity contribution in [3.8, 4) is 5.75 Å². The van der Waals surface area contributed by atoms with Crippen LogP contribution in [0.2, 0.25) is 0 Å². The molecule has 0 saturated carbocycles. The van der Waals surface area contributed by atoms with Crippen LogP contribution in [-0.2, 0) is 6.54 Å². The Kier molecular flexibility index (Phi) is 8.74. The summed E-state index contributed by atoms with van der Waals surface area (Å²) in [7, 11) is 0. The van der Waals surface area contributed by atoms with Crippen LogP contribution in [0.4, 0.5) is 28.9 Å². The number of anilines is 2. The minimum atomic E-state index is -4.75. The summed E-state index contributed by atoms with van der Waals surface area (Å²) in [6, 6.07) is 9.86. The molecule has 0 amide bonds. The smallest absolute Gasteiger partial charge is 0.406 e. The number of aliphatic imine (C=N–C) groups is 1. The van der Waals surface area contributed by atoms with Crippen molar-refractivity contribution in [3.63, 3.8) is 0 Å². The summed E-state index contributed by atoms with van der Waals surface area (Å²) in [5.74, 6) is -0.679. The van der Waals surface area contributed by atoms with Gasteiger partial charge in [0, 0.05) is 18.8 Å². The molecule has 0 radical (unpaired) electrons. The number of ether oxygens (including phenoxy) is 1. The maximum Gasteiger partial charge on any atom is 0.573 e. The van der Waals surface area contributed by atoms with Crippen molar-refractivity contribution in [2.24, 2.45) is 10.7 Å². The molecule has 1 heterocycles. The lowest BCUT2D eigenvalue weighted by atomic mass is 10.1. The summed E-state index contributed by atoms with van der Waals surface area (Å²) in [6.45, 7) is 1.32. The predicted molar refractivity (Wildman–Crippen MR) is 121 cm³/mol. The van der Waals surface area contributed by atoms with Crippen LogP contribution in [0.1, 0.15) is 18.4 Å². The molecule has 0 spiro atoms. The molecule has 170 valence electrons. The van der Waals surface area contributed by atoms with Gasteiger partial charge in [0.1, 0.15) is 11.6 Å². The second kappa shape index (κ2) is 10.8. The lowest BCUT2D eigenvalue weighted by molar-refractivity contribution is -0.274. The van der Waals surface area contributed by atoms with E-state index in [0.717, 1.165) is 12.1 Å². The number of nitrogens with zero attached hydrogens (tertiary/aromatic N) is 2. The SMILES string of the molecule is I.NC(=NCc1ccc(N2CCC(O)CC2)c(F)c1)Nc1ccc(OC(F)(F)F)cc1. The lowest BCUT2D eigenvalue weighted by Crippen LogP contribution is -2.36. The van der Waals surface area contributed by atoms with Crippen molar-refractivity contribution in [1.29, 1.82) is 0 Å². The van der Waals surface area contributed by atoms with Gasteiger partial charge in [-0.1, -0.05) is 6.07 Å². The molecule has 0 atom stereocenters. The normalized spacial score (nSPS) is 15.4. The highest BCUT2D eigenvalue weighted by atomic mass is 127. The Morgan fingerprint density at radius 3 is 2.39 bits per heavy atom. The number of nitrogens with one attached hydrogen (secondary N) is 1. The number of halogens is 5. The lowest BCUT2D eigenvalue weighted by Gasteiger charge is -2.31. The first-order valence-electron chi connectivity index (χ1n) is 9.34. The number of rotatable bonds is 5. The molecular formula is C20H23F4IN4O2. The Morgan fingerprint density at radius 2 is 1.81 bits per heavy atom. The minimum Gasteiger partial charge on any atom is -0.406 e. The molecule has 1 aliphatic rings. The van der Waals surface area contributed by atoms with E-state index in [2.05, 4.69) is 15.0 Å². The monoisotopic (exact) mass is 554 g/mol. The van der Waals surface area contributed by atoms with Crippen LogP contribution in [0.15, 0.2) is 47.5 Å². The first-order valence-corrected chi connectivity index (χ1v) is 9.34. The molecule has 31 heavy (non-hydrogen) atoms. The molecule has 6 nitrogen and oxygen atoms in total. The minimum absolute atomic E-state index is 0. The summed E-state index contributed by atoms with van der Waals surface area (Å²) >= 11 is 0. The quantitative estimate of drug-likeness (QED) is 0.223. The van der Waals surface area contributed by atoms with Gasteiger partial charge in [-0.3, -0.25) is 0 Å². The largest absolute Gasteiger partial charge is 0.573 e. The van der Waals surface area contributed by atoms with Crippen LogP contribution in [0.3, 0.4) is 0 Å². The molecule has 1 fully saturated rings. The van der Waals surface area contributed by atoms with Crippen LogP contribution in [0.25, 0.3) is 0 Å². The van der Waals surface area contributed by atoms with Gasteiger partial charge in [0.15, 0.2) is 5.96 Å².